The van der Waals surface area contributed by atoms with Gasteiger partial charge in [-0.05, 0) is 29.3 Å². The number of anilines is 1. The first-order chi connectivity index (χ1) is 14.5. The molecule has 1 aromatic heterocycles. The fourth-order valence-corrected chi connectivity index (χ4v) is 4.51. The van der Waals surface area contributed by atoms with Crippen molar-refractivity contribution in [2.75, 3.05) is 18.9 Å². The number of aliphatic imine (C=N–C) groups is 1. The second-order valence-electron chi connectivity index (χ2n) is 6.87. The Kier molecular flexibility index (Phi) is 5.91. The fraction of sp³-hybridized carbons (Fsp3) is 0.238. The predicted octanol–water partition coefficient (Wildman–Crippen LogP) is 2.05. The normalized spacial score (nSPS) is 19.8. The zero-order chi connectivity index (χ0) is 21.1. The minimum atomic E-state index is -0.365. The van der Waals surface area contributed by atoms with Crippen molar-refractivity contribution in [1.29, 1.82) is 0 Å². The van der Waals surface area contributed by atoms with E-state index in [1.54, 1.807) is 24.4 Å². The molecular formula is C21H20FN5O2S. The van der Waals surface area contributed by atoms with E-state index in [1.807, 2.05) is 18.2 Å². The van der Waals surface area contributed by atoms with E-state index in [2.05, 4.69) is 15.0 Å². The van der Waals surface area contributed by atoms with Crippen molar-refractivity contribution in [1.82, 2.24) is 14.9 Å². The van der Waals surface area contributed by atoms with Crippen molar-refractivity contribution >= 4 is 34.2 Å². The zero-order valence-corrected chi connectivity index (χ0v) is 16.8. The third kappa shape index (κ3) is 4.42. The molecule has 1 aliphatic heterocycles. The van der Waals surface area contributed by atoms with Crippen molar-refractivity contribution in [3.8, 4) is 0 Å². The molecule has 9 heteroatoms. The average molecular weight is 425 g/mol. The van der Waals surface area contributed by atoms with Crippen LogP contribution in [-0.4, -0.2) is 55.4 Å². The Bertz CT molecular complexity index is 1060. The number of fused-ring (bicyclic) bond motifs is 1. The van der Waals surface area contributed by atoms with E-state index in [0.717, 1.165) is 5.57 Å². The van der Waals surface area contributed by atoms with Crippen LogP contribution in [0.4, 0.5) is 10.3 Å². The van der Waals surface area contributed by atoms with E-state index < -0.39 is 0 Å². The first-order valence-corrected chi connectivity index (χ1v) is 10.3. The van der Waals surface area contributed by atoms with Crippen LogP contribution < -0.4 is 5.73 Å². The first kappa shape index (κ1) is 20.2. The standard InChI is InChI=1S/C21H20FN5O2S/c22-15-3-1-2-13(10-15)12-27(8-9-28)20(29)19-25-17-5-4-14(11-18(17)30-19)16-6-7-24-21(23)26-16/h1-7,10-11,17-18,28H,8-9,12H2,(H2,23,24,26). The first-order valence-electron chi connectivity index (χ1n) is 9.41. The molecule has 0 bridgehead atoms. The van der Waals surface area contributed by atoms with Gasteiger partial charge in [0.25, 0.3) is 5.91 Å². The number of carbonyl (C=O) groups excluding carboxylic acids is 1. The summed E-state index contributed by atoms with van der Waals surface area (Å²) < 4.78 is 13.5. The molecule has 154 valence electrons. The highest BCUT2D eigenvalue weighted by molar-refractivity contribution is 8.16. The summed E-state index contributed by atoms with van der Waals surface area (Å²) in [5.74, 6) is -0.440. The molecule has 2 aliphatic rings. The number of halogens is 1. The fourth-order valence-electron chi connectivity index (χ4n) is 3.33. The van der Waals surface area contributed by atoms with E-state index >= 15 is 0 Å². The molecule has 1 aliphatic carbocycles. The Balaban J connectivity index is 1.49. The van der Waals surface area contributed by atoms with Crippen molar-refractivity contribution in [2.24, 2.45) is 4.99 Å². The minimum Gasteiger partial charge on any atom is -0.395 e. The van der Waals surface area contributed by atoms with Gasteiger partial charge in [0.05, 0.1) is 23.6 Å². The van der Waals surface area contributed by atoms with Gasteiger partial charge in [0.1, 0.15) is 5.82 Å². The Morgan fingerprint density at radius 1 is 1.33 bits per heavy atom. The molecule has 0 fully saturated rings. The van der Waals surface area contributed by atoms with Crippen molar-refractivity contribution < 1.29 is 14.3 Å². The lowest BCUT2D eigenvalue weighted by Crippen LogP contribution is -2.36. The molecule has 30 heavy (non-hydrogen) atoms. The van der Waals surface area contributed by atoms with Gasteiger partial charge >= 0.3 is 0 Å². The summed E-state index contributed by atoms with van der Waals surface area (Å²) in [6.07, 6.45) is 7.47. The number of allylic oxidation sites excluding steroid dienone is 2. The second-order valence-corrected chi connectivity index (χ2v) is 8.04. The van der Waals surface area contributed by atoms with Gasteiger partial charge in [0.15, 0.2) is 5.04 Å². The summed E-state index contributed by atoms with van der Waals surface area (Å²) in [5, 5.41) is 9.73. The van der Waals surface area contributed by atoms with Gasteiger partial charge in [-0.2, -0.15) is 0 Å². The highest BCUT2D eigenvalue weighted by atomic mass is 32.2. The number of hydrogen-bond donors (Lipinski definition) is 2. The van der Waals surface area contributed by atoms with Crippen LogP contribution in [0.15, 0.2) is 59.7 Å². The summed E-state index contributed by atoms with van der Waals surface area (Å²) in [6.45, 7) is 0.148. The number of rotatable bonds is 6. The van der Waals surface area contributed by atoms with E-state index in [4.69, 9.17) is 5.73 Å². The summed E-state index contributed by atoms with van der Waals surface area (Å²) in [4.78, 5) is 27.2. The van der Waals surface area contributed by atoms with E-state index in [-0.39, 0.29) is 48.7 Å². The van der Waals surface area contributed by atoms with Crippen molar-refractivity contribution in [2.45, 2.75) is 17.8 Å². The predicted molar refractivity (Wildman–Crippen MR) is 115 cm³/mol. The molecule has 2 aromatic rings. The smallest absolute Gasteiger partial charge is 0.279 e. The topological polar surface area (TPSA) is 105 Å². The lowest BCUT2D eigenvalue weighted by Gasteiger charge is -2.21. The summed E-state index contributed by atoms with van der Waals surface area (Å²) in [7, 11) is 0. The quantitative estimate of drug-likeness (QED) is 0.734. The molecule has 4 rings (SSSR count). The summed E-state index contributed by atoms with van der Waals surface area (Å²) in [6, 6.07) is 7.70. The molecule has 0 radical (unpaired) electrons. The lowest BCUT2D eigenvalue weighted by molar-refractivity contribution is -0.124. The molecule has 2 atom stereocenters. The van der Waals surface area contributed by atoms with Crippen LogP contribution in [0.1, 0.15) is 11.3 Å². The number of carbonyl (C=O) groups is 1. The minimum absolute atomic E-state index is 0.0368. The van der Waals surface area contributed by atoms with Crippen LogP contribution in [0, 0.1) is 5.82 Å². The van der Waals surface area contributed by atoms with Gasteiger partial charge < -0.3 is 15.7 Å². The van der Waals surface area contributed by atoms with Crippen LogP contribution in [0.5, 0.6) is 0 Å². The summed E-state index contributed by atoms with van der Waals surface area (Å²) >= 11 is 1.37. The maximum atomic E-state index is 13.5. The second kappa shape index (κ2) is 8.76. The summed E-state index contributed by atoms with van der Waals surface area (Å²) in [5.41, 5.74) is 7.94. The van der Waals surface area contributed by atoms with Gasteiger partial charge in [-0.25, -0.2) is 14.4 Å². The number of benzene rings is 1. The molecule has 0 spiro atoms. The van der Waals surface area contributed by atoms with Gasteiger partial charge in [-0.15, -0.1) is 0 Å². The SMILES string of the molecule is Nc1nccc(C2=CC3SC(C(=O)N(CCO)Cc4cccc(F)c4)=NC3C=C2)n1. The molecule has 0 saturated carbocycles. The van der Waals surface area contributed by atoms with Crippen LogP contribution in [-0.2, 0) is 11.3 Å². The Labute approximate surface area is 177 Å². The molecule has 3 N–H and O–H groups in total. The molecule has 7 nitrogen and oxygen atoms in total. The van der Waals surface area contributed by atoms with Crippen LogP contribution in [0.25, 0.3) is 5.57 Å². The van der Waals surface area contributed by atoms with Crippen molar-refractivity contribution in [3.63, 3.8) is 0 Å². The molecule has 2 heterocycles. The van der Waals surface area contributed by atoms with E-state index in [9.17, 15) is 14.3 Å². The highest BCUT2D eigenvalue weighted by Gasteiger charge is 2.34. The Morgan fingerprint density at radius 3 is 2.97 bits per heavy atom. The van der Waals surface area contributed by atoms with Gasteiger partial charge in [0, 0.05) is 19.3 Å². The van der Waals surface area contributed by atoms with Gasteiger partial charge in [-0.1, -0.05) is 42.1 Å². The number of aliphatic hydroxyl groups is 1. The van der Waals surface area contributed by atoms with Crippen LogP contribution in [0.2, 0.25) is 0 Å². The number of thioether (sulfide) groups is 1. The van der Waals surface area contributed by atoms with E-state index in [0.29, 0.717) is 16.3 Å². The number of hydrogen-bond acceptors (Lipinski definition) is 7. The lowest BCUT2D eigenvalue weighted by atomic mass is 10.0. The van der Waals surface area contributed by atoms with E-state index in [1.165, 1.54) is 28.8 Å². The average Bonchev–Trinajstić information content (AvgIpc) is 3.16. The number of nitrogen functional groups attached to an aromatic ring is 1. The molecule has 2 unspecified atom stereocenters. The number of aliphatic hydroxyl groups excluding tert-OH is 1. The largest absolute Gasteiger partial charge is 0.395 e. The van der Waals surface area contributed by atoms with Gasteiger partial charge in [0.2, 0.25) is 5.95 Å². The number of amides is 1. The molecule has 1 aromatic carbocycles. The number of nitrogens with two attached hydrogens (primary N) is 1. The molecular weight excluding hydrogens is 405 g/mol. The molecule has 0 saturated heterocycles. The Hall–Kier alpha value is -3.04. The Morgan fingerprint density at radius 2 is 2.20 bits per heavy atom. The third-order valence-electron chi connectivity index (χ3n) is 4.74. The van der Waals surface area contributed by atoms with Gasteiger partial charge in [-0.3, -0.25) is 9.79 Å². The monoisotopic (exact) mass is 425 g/mol. The maximum Gasteiger partial charge on any atom is 0.279 e. The maximum absolute atomic E-state index is 13.5. The number of nitrogens with zero attached hydrogens (tertiary/aromatic N) is 4. The van der Waals surface area contributed by atoms with Crippen LogP contribution in [0.3, 0.4) is 0 Å². The van der Waals surface area contributed by atoms with Crippen molar-refractivity contribution in [3.05, 3.63) is 71.8 Å². The molecule has 1 amide bonds. The van der Waals surface area contributed by atoms with Crippen LogP contribution >= 0.6 is 11.8 Å². The number of aromatic nitrogens is 2. The highest BCUT2D eigenvalue weighted by Crippen LogP contribution is 2.35. The third-order valence-corrected chi connectivity index (χ3v) is 5.93. The zero-order valence-electron chi connectivity index (χ0n) is 16.0.